The van der Waals surface area contributed by atoms with Gasteiger partial charge in [-0.2, -0.15) is 0 Å². The maximum Gasteiger partial charge on any atom is 0.410 e. The highest BCUT2D eigenvalue weighted by atomic mass is 35.5. The van der Waals surface area contributed by atoms with E-state index in [1.54, 1.807) is 11.0 Å². The summed E-state index contributed by atoms with van der Waals surface area (Å²) in [7, 11) is 0. The zero-order chi connectivity index (χ0) is 26.9. The van der Waals surface area contributed by atoms with Crippen LogP contribution < -0.4 is 15.4 Å². The van der Waals surface area contributed by atoms with E-state index in [1.165, 1.54) is 18.5 Å². The van der Waals surface area contributed by atoms with Gasteiger partial charge in [-0.15, -0.1) is 0 Å². The molecule has 0 aliphatic carbocycles. The number of hydrogen-bond acceptors (Lipinski definition) is 8. The number of aromatic nitrogens is 2. The number of benzene rings is 2. The third-order valence-corrected chi connectivity index (χ3v) is 6.59. The molecule has 202 valence electrons. The molecule has 0 radical (unpaired) electrons. The predicted molar refractivity (Wildman–Crippen MR) is 144 cm³/mol. The van der Waals surface area contributed by atoms with Crippen molar-refractivity contribution in [1.82, 2.24) is 14.9 Å². The van der Waals surface area contributed by atoms with Gasteiger partial charge in [0.05, 0.1) is 29.4 Å². The first-order valence-corrected chi connectivity index (χ1v) is 13.0. The molecule has 0 spiro atoms. The molecule has 2 aromatic carbocycles. The molecule has 1 aromatic heterocycles. The van der Waals surface area contributed by atoms with Crippen molar-refractivity contribution in [3.63, 3.8) is 0 Å². The molecule has 3 aromatic rings. The van der Waals surface area contributed by atoms with Crippen LogP contribution >= 0.6 is 11.6 Å². The largest absolute Gasteiger partial charge is 0.486 e. The molecule has 2 atom stereocenters. The van der Waals surface area contributed by atoms with Crippen molar-refractivity contribution in [3.05, 3.63) is 47.5 Å². The zero-order valence-corrected chi connectivity index (χ0v) is 22.3. The van der Waals surface area contributed by atoms with Gasteiger partial charge in [0.2, 0.25) is 0 Å². The van der Waals surface area contributed by atoms with Gasteiger partial charge in [-0.3, -0.25) is 0 Å². The zero-order valence-electron chi connectivity index (χ0n) is 21.6. The molecule has 2 N–H and O–H groups in total. The molecular formula is C27H31ClFN5O4. The van der Waals surface area contributed by atoms with Crippen molar-refractivity contribution in [2.75, 3.05) is 36.9 Å². The Morgan fingerprint density at radius 3 is 2.79 bits per heavy atom. The average Bonchev–Trinajstić information content (AvgIpc) is 3.54. The van der Waals surface area contributed by atoms with Crippen molar-refractivity contribution in [1.29, 1.82) is 0 Å². The second-order valence-corrected chi connectivity index (χ2v) is 10.9. The van der Waals surface area contributed by atoms with Crippen molar-refractivity contribution in [3.8, 4) is 5.75 Å². The Labute approximate surface area is 225 Å². The topological polar surface area (TPSA) is 97.8 Å². The quantitative estimate of drug-likeness (QED) is 0.405. The molecule has 5 rings (SSSR count). The fourth-order valence-corrected chi connectivity index (χ4v) is 4.66. The van der Waals surface area contributed by atoms with Crippen LogP contribution in [0.3, 0.4) is 0 Å². The van der Waals surface area contributed by atoms with E-state index < -0.39 is 11.4 Å². The molecule has 38 heavy (non-hydrogen) atoms. The molecule has 2 fully saturated rings. The minimum Gasteiger partial charge on any atom is -0.486 e. The van der Waals surface area contributed by atoms with Gasteiger partial charge in [0.15, 0.2) is 0 Å². The Bertz CT molecular complexity index is 1330. The molecule has 0 bridgehead atoms. The van der Waals surface area contributed by atoms with E-state index in [2.05, 4.69) is 20.6 Å². The van der Waals surface area contributed by atoms with Gasteiger partial charge in [0.25, 0.3) is 0 Å². The lowest BCUT2D eigenvalue weighted by atomic mass is 10.1. The summed E-state index contributed by atoms with van der Waals surface area (Å²) in [5.74, 6) is 0.697. The first kappa shape index (κ1) is 26.2. The summed E-state index contributed by atoms with van der Waals surface area (Å²) in [4.78, 5) is 23.1. The van der Waals surface area contributed by atoms with Crippen LogP contribution in [0.4, 0.5) is 26.4 Å². The summed E-state index contributed by atoms with van der Waals surface area (Å²) < 4.78 is 31.0. The van der Waals surface area contributed by atoms with Gasteiger partial charge in [0.1, 0.15) is 35.4 Å². The minimum absolute atomic E-state index is 0.000841. The Balaban J connectivity index is 1.43. The van der Waals surface area contributed by atoms with E-state index >= 15 is 0 Å². The molecule has 3 heterocycles. The third kappa shape index (κ3) is 6.19. The number of likely N-dealkylation sites (tertiary alicyclic amines) is 1. The van der Waals surface area contributed by atoms with Crippen LogP contribution in [0.2, 0.25) is 5.02 Å². The number of amides is 1. The predicted octanol–water partition coefficient (Wildman–Crippen LogP) is 5.75. The number of carbonyl (C=O) groups excluding carboxylic acids is 1. The summed E-state index contributed by atoms with van der Waals surface area (Å²) >= 11 is 5.97. The van der Waals surface area contributed by atoms with Crippen molar-refractivity contribution >= 4 is 45.8 Å². The minimum atomic E-state index is -0.552. The lowest BCUT2D eigenvalue weighted by Gasteiger charge is -2.25. The highest BCUT2D eigenvalue weighted by Crippen LogP contribution is 2.36. The van der Waals surface area contributed by atoms with Crippen LogP contribution in [0, 0.1) is 5.82 Å². The van der Waals surface area contributed by atoms with E-state index in [9.17, 15) is 9.18 Å². The second kappa shape index (κ2) is 10.8. The molecule has 2 aliphatic rings. The summed E-state index contributed by atoms with van der Waals surface area (Å²) in [5.41, 5.74) is 1.48. The van der Waals surface area contributed by atoms with Gasteiger partial charge < -0.3 is 29.7 Å². The van der Waals surface area contributed by atoms with Crippen LogP contribution in [0.5, 0.6) is 5.75 Å². The van der Waals surface area contributed by atoms with E-state index in [-0.39, 0.29) is 23.3 Å². The number of nitrogens with one attached hydrogen (secondary N) is 2. The molecule has 1 amide bonds. The van der Waals surface area contributed by atoms with Crippen LogP contribution in [0.15, 0.2) is 36.7 Å². The molecular weight excluding hydrogens is 513 g/mol. The van der Waals surface area contributed by atoms with E-state index in [4.69, 9.17) is 25.8 Å². The second-order valence-electron chi connectivity index (χ2n) is 10.5. The van der Waals surface area contributed by atoms with Crippen LogP contribution in [0.1, 0.15) is 33.6 Å². The van der Waals surface area contributed by atoms with Crippen molar-refractivity contribution in [2.45, 2.75) is 51.4 Å². The maximum absolute atomic E-state index is 13.7. The van der Waals surface area contributed by atoms with Crippen molar-refractivity contribution in [2.24, 2.45) is 0 Å². The smallest absolute Gasteiger partial charge is 0.410 e. The van der Waals surface area contributed by atoms with Crippen LogP contribution in [-0.4, -0.2) is 65.0 Å². The fraction of sp³-hybridized carbons (Fsp3) is 0.444. The first-order chi connectivity index (χ1) is 18.1. The van der Waals surface area contributed by atoms with Gasteiger partial charge in [-0.05, 0) is 51.5 Å². The fourth-order valence-electron chi connectivity index (χ4n) is 4.48. The number of halogens is 2. The van der Waals surface area contributed by atoms with E-state index in [0.29, 0.717) is 49.1 Å². The SMILES string of the molecule is CC(C)(C)OC(=O)N1CC[C@H](Nc2cc3c(Nc4ccc(F)c(Cl)c4)ncnc3cc2OC2CCOC2)C1. The third-order valence-electron chi connectivity index (χ3n) is 6.30. The molecule has 0 saturated carbocycles. The van der Waals surface area contributed by atoms with E-state index in [0.717, 1.165) is 23.9 Å². The number of carbonyl (C=O) groups is 1. The van der Waals surface area contributed by atoms with Gasteiger partial charge in [-0.25, -0.2) is 19.2 Å². The highest BCUT2D eigenvalue weighted by Gasteiger charge is 2.30. The Kier molecular flexibility index (Phi) is 7.45. The Morgan fingerprint density at radius 1 is 1.21 bits per heavy atom. The number of rotatable bonds is 6. The summed E-state index contributed by atoms with van der Waals surface area (Å²) in [6.45, 7) is 7.85. The number of nitrogens with zero attached hydrogens (tertiary/aromatic N) is 3. The summed E-state index contributed by atoms with van der Waals surface area (Å²) in [6, 6.07) is 8.21. The average molecular weight is 544 g/mol. The monoisotopic (exact) mass is 543 g/mol. The molecule has 1 unspecified atom stereocenters. The standard InChI is InChI=1S/C27H31ClFN5O4/c1-27(2,3)38-26(35)34-8-6-17(13-34)32-23-11-19-22(12-24(23)37-18-7-9-36-14-18)30-15-31-25(19)33-16-4-5-21(29)20(28)10-16/h4-5,10-12,15,17-18,32H,6-9,13-14H2,1-3H3,(H,30,31,33)/t17-,18?/m0/s1. The first-order valence-electron chi connectivity index (χ1n) is 12.6. The lowest BCUT2D eigenvalue weighted by molar-refractivity contribution is 0.0293. The number of fused-ring (bicyclic) bond motifs is 1. The van der Waals surface area contributed by atoms with Crippen LogP contribution in [0.25, 0.3) is 10.9 Å². The van der Waals surface area contributed by atoms with E-state index in [1.807, 2.05) is 32.9 Å². The Hall–Kier alpha value is -3.37. The number of anilines is 3. The number of ether oxygens (including phenoxy) is 3. The maximum atomic E-state index is 13.7. The summed E-state index contributed by atoms with van der Waals surface area (Å²) in [6.07, 6.45) is 2.64. The molecule has 9 nitrogen and oxygen atoms in total. The molecule has 11 heteroatoms. The van der Waals surface area contributed by atoms with Gasteiger partial charge in [-0.1, -0.05) is 11.6 Å². The lowest BCUT2D eigenvalue weighted by Crippen LogP contribution is -2.36. The van der Waals surface area contributed by atoms with Crippen molar-refractivity contribution < 1.29 is 23.4 Å². The Morgan fingerprint density at radius 2 is 2.05 bits per heavy atom. The van der Waals surface area contributed by atoms with Crippen LogP contribution in [-0.2, 0) is 9.47 Å². The normalized spacial score (nSPS) is 19.6. The molecule has 2 saturated heterocycles. The van der Waals surface area contributed by atoms with Gasteiger partial charge in [0, 0.05) is 42.7 Å². The van der Waals surface area contributed by atoms with Gasteiger partial charge >= 0.3 is 6.09 Å². The number of hydrogen-bond donors (Lipinski definition) is 2. The summed E-state index contributed by atoms with van der Waals surface area (Å²) in [5, 5.41) is 7.53. The molecule has 2 aliphatic heterocycles. The highest BCUT2D eigenvalue weighted by molar-refractivity contribution is 6.31.